The molecule has 2 nitrogen and oxygen atoms in total. The van der Waals surface area contributed by atoms with E-state index in [9.17, 15) is 23.1 Å². The topological polar surface area (TPSA) is 37.3 Å². The lowest BCUT2D eigenvalue weighted by atomic mass is 10.1. The number of phenolic OH excluding ortho intramolecular Hbond substituents is 1. The molecule has 0 atom stereocenters. The van der Waals surface area contributed by atoms with Crippen molar-refractivity contribution in [2.45, 2.75) is 6.18 Å². The number of hydrogen-bond donors (Lipinski definition) is 1. The van der Waals surface area contributed by atoms with Gasteiger partial charge in [-0.15, -0.1) is 11.3 Å². The first kappa shape index (κ1) is 19.2. The maximum Gasteiger partial charge on any atom is 0.416 e. The molecule has 7 heteroatoms. The molecule has 3 rings (SSSR count). The van der Waals surface area contributed by atoms with Gasteiger partial charge in [-0.25, -0.2) is 0 Å². The van der Waals surface area contributed by atoms with Gasteiger partial charge in [0, 0.05) is 4.88 Å². The number of carbonyl (C=O) groups excluding carboxylic acids is 1. The summed E-state index contributed by atoms with van der Waals surface area (Å²) in [6.45, 7) is 0. The molecule has 2 aromatic carbocycles. The summed E-state index contributed by atoms with van der Waals surface area (Å²) in [6.07, 6.45) is -1.42. The molecule has 0 saturated heterocycles. The fourth-order valence-electron chi connectivity index (χ4n) is 2.33. The summed E-state index contributed by atoms with van der Waals surface area (Å²) >= 11 is 7.02. The Morgan fingerprint density at radius 2 is 1.74 bits per heavy atom. The molecule has 0 unspecified atom stereocenters. The molecule has 0 aliphatic carbocycles. The van der Waals surface area contributed by atoms with Crippen LogP contribution in [0.4, 0.5) is 13.2 Å². The van der Waals surface area contributed by atoms with E-state index < -0.39 is 11.7 Å². The molecule has 3 aromatic rings. The van der Waals surface area contributed by atoms with Crippen LogP contribution in [0.3, 0.4) is 0 Å². The van der Waals surface area contributed by atoms with Crippen LogP contribution in [0.25, 0.3) is 16.5 Å². The van der Waals surface area contributed by atoms with Gasteiger partial charge < -0.3 is 5.11 Å². The molecule has 0 aliphatic heterocycles. The smallest absolute Gasteiger partial charge is 0.416 e. The van der Waals surface area contributed by atoms with Gasteiger partial charge >= 0.3 is 6.18 Å². The fourth-order valence-corrected chi connectivity index (χ4v) is 3.45. The molecule has 0 spiro atoms. The minimum absolute atomic E-state index is 0.0421. The molecule has 0 fully saturated rings. The number of halogens is 4. The van der Waals surface area contributed by atoms with E-state index in [1.54, 1.807) is 24.3 Å². The molecule has 1 N–H and O–H groups in total. The molecule has 0 aliphatic rings. The highest BCUT2D eigenvalue weighted by Gasteiger charge is 2.30. The van der Waals surface area contributed by atoms with E-state index in [0.29, 0.717) is 20.9 Å². The van der Waals surface area contributed by atoms with Crippen LogP contribution in [0, 0.1) is 0 Å². The Kier molecular flexibility index (Phi) is 5.39. The molecule has 0 amide bonds. The van der Waals surface area contributed by atoms with Gasteiger partial charge in [0.25, 0.3) is 0 Å². The van der Waals surface area contributed by atoms with E-state index in [-0.39, 0.29) is 16.6 Å². The van der Waals surface area contributed by atoms with Crippen LogP contribution in [0.5, 0.6) is 5.75 Å². The molecule has 0 bridgehead atoms. The number of thiophene rings is 1. The third kappa shape index (κ3) is 4.59. The van der Waals surface area contributed by atoms with Gasteiger partial charge in [-0.3, -0.25) is 4.79 Å². The maximum absolute atomic E-state index is 12.6. The van der Waals surface area contributed by atoms with Gasteiger partial charge in [-0.05, 0) is 53.6 Å². The molecule has 0 saturated carbocycles. The molecule has 138 valence electrons. The Morgan fingerprint density at radius 1 is 1.04 bits per heavy atom. The summed E-state index contributed by atoms with van der Waals surface area (Å²) in [5.41, 5.74) is 0.557. The summed E-state index contributed by atoms with van der Waals surface area (Å²) in [6, 6.07) is 12.7. The summed E-state index contributed by atoms with van der Waals surface area (Å²) in [4.78, 5) is 13.5. The zero-order valence-electron chi connectivity index (χ0n) is 13.6. The van der Waals surface area contributed by atoms with Crippen molar-refractivity contribution in [1.82, 2.24) is 0 Å². The number of aromatic hydroxyl groups is 1. The summed E-state index contributed by atoms with van der Waals surface area (Å²) < 4.78 is 37.9. The Bertz CT molecular complexity index is 1000. The predicted molar refractivity (Wildman–Crippen MR) is 101 cm³/mol. The van der Waals surface area contributed by atoms with Crippen LogP contribution in [0.2, 0.25) is 5.02 Å². The Morgan fingerprint density at radius 3 is 2.37 bits per heavy atom. The Balaban J connectivity index is 1.75. The quantitative estimate of drug-likeness (QED) is 0.385. The van der Waals surface area contributed by atoms with Crippen LogP contribution >= 0.6 is 22.9 Å². The second-order valence-corrected chi connectivity index (χ2v) is 7.14. The van der Waals surface area contributed by atoms with Crippen molar-refractivity contribution >= 4 is 34.8 Å². The second-order valence-electron chi connectivity index (χ2n) is 5.65. The zero-order chi connectivity index (χ0) is 19.6. The minimum Gasteiger partial charge on any atom is -0.506 e. The first-order chi connectivity index (χ1) is 12.7. The highest BCUT2D eigenvalue weighted by molar-refractivity contribution is 7.17. The van der Waals surface area contributed by atoms with Crippen LogP contribution < -0.4 is 0 Å². The van der Waals surface area contributed by atoms with Gasteiger partial charge in [0.15, 0.2) is 5.78 Å². The number of phenols is 1. The van der Waals surface area contributed by atoms with Crippen LogP contribution in [0.15, 0.2) is 60.7 Å². The van der Waals surface area contributed by atoms with Crippen molar-refractivity contribution in [2.75, 3.05) is 0 Å². The largest absolute Gasteiger partial charge is 0.506 e. The van der Waals surface area contributed by atoms with Crippen molar-refractivity contribution in [1.29, 1.82) is 0 Å². The number of alkyl halides is 3. The van der Waals surface area contributed by atoms with Gasteiger partial charge in [0.2, 0.25) is 0 Å². The minimum atomic E-state index is -4.38. The predicted octanol–water partition coefficient (Wildman–Crippen LogP) is 6.69. The highest BCUT2D eigenvalue weighted by Crippen LogP contribution is 2.33. The number of allylic oxidation sites excluding steroid dienone is 1. The van der Waals surface area contributed by atoms with Crippen molar-refractivity contribution in [3.05, 3.63) is 81.7 Å². The van der Waals surface area contributed by atoms with Gasteiger partial charge in [-0.2, -0.15) is 13.2 Å². The highest BCUT2D eigenvalue weighted by atomic mass is 35.5. The summed E-state index contributed by atoms with van der Waals surface area (Å²) in [5, 5.41) is 9.57. The van der Waals surface area contributed by atoms with E-state index in [4.69, 9.17) is 11.6 Å². The van der Waals surface area contributed by atoms with E-state index in [2.05, 4.69) is 0 Å². The summed E-state index contributed by atoms with van der Waals surface area (Å²) in [7, 11) is 0. The third-order valence-corrected chi connectivity index (χ3v) is 5.20. The summed E-state index contributed by atoms with van der Waals surface area (Å²) in [5.74, 6) is -0.276. The average molecular weight is 409 g/mol. The molecular weight excluding hydrogens is 397 g/mol. The Hall–Kier alpha value is -2.57. The van der Waals surface area contributed by atoms with Crippen molar-refractivity contribution in [2.24, 2.45) is 0 Å². The molecule has 0 radical (unpaired) electrons. The zero-order valence-corrected chi connectivity index (χ0v) is 15.2. The first-order valence-electron chi connectivity index (χ1n) is 7.72. The van der Waals surface area contributed by atoms with Gasteiger partial charge in [0.1, 0.15) is 5.75 Å². The fraction of sp³-hybridized carbons (Fsp3) is 0.0500. The first-order valence-corrected chi connectivity index (χ1v) is 8.92. The molecular formula is C20H12ClF3O2S. The lowest BCUT2D eigenvalue weighted by Gasteiger charge is -2.06. The van der Waals surface area contributed by atoms with Gasteiger partial charge in [0.05, 0.1) is 15.5 Å². The lowest BCUT2D eigenvalue weighted by molar-refractivity contribution is -0.137. The molecule has 1 aromatic heterocycles. The van der Waals surface area contributed by atoms with E-state index in [0.717, 1.165) is 12.1 Å². The number of carbonyl (C=O) groups is 1. The van der Waals surface area contributed by atoms with E-state index in [1.807, 2.05) is 0 Å². The maximum atomic E-state index is 12.6. The van der Waals surface area contributed by atoms with E-state index >= 15 is 0 Å². The lowest BCUT2D eigenvalue weighted by Crippen LogP contribution is -2.03. The Labute approximate surface area is 162 Å². The van der Waals surface area contributed by atoms with Crippen LogP contribution in [-0.2, 0) is 6.18 Å². The monoisotopic (exact) mass is 408 g/mol. The van der Waals surface area contributed by atoms with Crippen molar-refractivity contribution < 1.29 is 23.1 Å². The second kappa shape index (κ2) is 7.58. The molecule has 27 heavy (non-hydrogen) atoms. The van der Waals surface area contributed by atoms with E-state index in [1.165, 1.54) is 41.7 Å². The van der Waals surface area contributed by atoms with Crippen LogP contribution in [-0.4, -0.2) is 10.9 Å². The number of rotatable bonds is 4. The normalized spacial score (nSPS) is 11.9. The SMILES string of the molecule is O=C(C=Cc1ccc(O)c(Cl)c1)c1ccc(-c2ccc(C(F)(F)F)cc2)s1. The number of benzene rings is 2. The van der Waals surface area contributed by atoms with Crippen molar-refractivity contribution in [3.8, 4) is 16.2 Å². The number of ketones is 1. The standard InChI is InChI=1S/C20H12ClF3O2S/c21-15-11-12(1-7-16(15)25)2-8-17(26)19-10-9-18(27-19)13-3-5-14(6-4-13)20(22,23)24/h1-11,25H. The average Bonchev–Trinajstić information content (AvgIpc) is 3.12. The third-order valence-electron chi connectivity index (χ3n) is 3.74. The van der Waals surface area contributed by atoms with Crippen LogP contribution in [0.1, 0.15) is 20.8 Å². The van der Waals surface area contributed by atoms with Crippen molar-refractivity contribution in [3.63, 3.8) is 0 Å². The molecule has 1 heterocycles. The van der Waals surface area contributed by atoms with Gasteiger partial charge in [-0.1, -0.05) is 35.9 Å². The number of hydrogen-bond acceptors (Lipinski definition) is 3.